The first kappa shape index (κ1) is 43.6. The molecule has 5 N–H and O–H groups in total. The Morgan fingerprint density at radius 1 is 0.879 bits per heavy atom. The van der Waals surface area contributed by atoms with Crippen LogP contribution in [-0.2, 0) is 19.2 Å². The molecule has 4 aliphatic rings. The zero-order valence-corrected chi connectivity index (χ0v) is 36.4. The Bertz CT molecular complexity index is 2880. The summed E-state index contributed by atoms with van der Waals surface area (Å²) in [5.74, 6) is -2.53. The molecular formula is C49H48N8O9. The third-order valence-electron chi connectivity index (χ3n) is 12.7. The largest absolute Gasteiger partial charge is 0.415 e. The number of fused-ring (bicyclic) bond motifs is 4. The monoisotopic (exact) mass is 892 g/mol. The molecule has 2 fully saturated rings. The molecule has 4 heterocycles. The molecule has 9 rings (SSSR count). The van der Waals surface area contributed by atoms with Gasteiger partial charge in [0.2, 0.25) is 5.91 Å². The minimum absolute atomic E-state index is 0.00931. The number of amides is 7. The van der Waals surface area contributed by atoms with Crippen LogP contribution in [0, 0.1) is 0 Å². The van der Waals surface area contributed by atoms with E-state index in [4.69, 9.17) is 4.74 Å². The summed E-state index contributed by atoms with van der Waals surface area (Å²) in [6, 6.07) is 22.6. The van der Waals surface area contributed by atoms with Gasteiger partial charge in [-0.25, -0.2) is 4.79 Å². The molecule has 1 saturated heterocycles. The van der Waals surface area contributed by atoms with Crippen molar-refractivity contribution in [3.05, 3.63) is 120 Å². The second-order valence-electron chi connectivity index (χ2n) is 17.3. The van der Waals surface area contributed by atoms with Crippen LogP contribution < -0.4 is 25.6 Å². The first-order valence-corrected chi connectivity index (χ1v) is 21.8. The highest BCUT2D eigenvalue weighted by molar-refractivity contribution is 6.14. The van der Waals surface area contributed by atoms with Crippen LogP contribution in [0.25, 0.3) is 21.7 Å². The number of H-pyrrole nitrogens is 1. The van der Waals surface area contributed by atoms with Gasteiger partial charge in [0, 0.05) is 109 Å². The van der Waals surface area contributed by atoms with Crippen molar-refractivity contribution in [3.8, 4) is 5.75 Å². The number of anilines is 3. The van der Waals surface area contributed by atoms with E-state index in [-0.39, 0.29) is 37.6 Å². The van der Waals surface area contributed by atoms with Crippen molar-refractivity contribution in [2.45, 2.75) is 43.7 Å². The van der Waals surface area contributed by atoms with Crippen molar-refractivity contribution in [2.24, 2.45) is 0 Å². The van der Waals surface area contributed by atoms with E-state index in [2.05, 4.69) is 32.4 Å². The number of aromatic amines is 1. The van der Waals surface area contributed by atoms with Gasteiger partial charge in [-0.3, -0.25) is 33.7 Å². The predicted molar refractivity (Wildman–Crippen MR) is 246 cm³/mol. The van der Waals surface area contributed by atoms with E-state index in [0.717, 1.165) is 52.1 Å². The Balaban J connectivity index is 0.852. The standard InChI is InChI=1S/C49H48N8O9/c1-28(2)35-27-57(38-25-39(33-7-4-5-8-34(33)44(35)38)66-48(65)55-21-19-54(3)20-22-55)46(63)37-24-30-23-32(14-15-36(30)52-37)50-45(62)29-10-12-31(13-11-29)51-47(64)49(26-40(49)58)53-41(59)9-6-18-56-42(60)16-17-43(56)61/h4-5,7-8,10-17,23-25,35,40,52,58H,1,6,9,18-22,26-27H2,2-3H3,(H,50,62)(H,51,64)(H,53,59)/t35-,40?,49?/m0/s1. The molecule has 3 aliphatic heterocycles. The quantitative estimate of drug-likeness (QED) is 0.0844. The normalized spacial score (nSPS) is 20.1. The van der Waals surface area contributed by atoms with Crippen LogP contribution >= 0.6 is 0 Å². The van der Waals surface area contributed by atoms with Crippen LogP contribution in [-0.4, -0.2) is 124 Å². The SMILES string of the molecule is C=C(C)[C@@H]1CN(C(=O)c2cc3cc(NC(=O)c4ccc(NC(=O)C5(NC(=O)CCCN6C(=O)C=CC6=O)CC5O)cc4)ccc3[nH]2)c2cc(OC(=O)N3CCN(C)CC3)c3ccccc3c21. The second kappa shape index (κ2) is 17.4. The minimum atomic E-state index is -1.53. The molecule has 1 saturated carbocycles. The summed E-state index contributed by atoms with van der Waals surface area (Å²) in [6.07, 6.45) is 0.913. The van der Waals surface area contributed by atoms with Crippen molar-refractivity contribution in [2.75, 3.05) is 61.8 Å². The van der Waals surface area contributed by atoms with Crippen LogP contribution in [0.4, 0.5) is 21.9 Å². The molecule has 3 atom stereocenters. The number of likely N-dealkylation sites (N-methyl/N-ethyl adjacent to an activating group) is 1. The fourth-order valence-electron chi connectivity index (χ4n) is 8.80. The summed E-state index contributed by atoms with van der Waals surface area (Å²) < 4.78 is 6.07. The minimum Gasteiger partial charge on any atom is -0.409 e. The summed E-state index contributed by atoms with van der Waals surface area (Å²) in [6.45, 7) is 9.20. The van der Waals surface area contributed by atoms with Crippen molar-refractivity contribution in [1.82, 2.24) is 25.0 Å². The predicted octanol–water partition coefficient (Wildman–Crippen LogP) is 4.90. The first-order chi connectivity index (χ1) is 31.7. The van der Waals surface area contributed by atoms with Crippen molar-refractivity contribution < 1.29 is 43.4 Å². The zero-order valence-electron chi connectivity index (χ0n) is 36.4. The smallest absolute Gasteiger partial charge is 0.409 e. The molecule has 17 heteroatoms. The van der Waals surface area contributed by atoms with Crippen molar-refractivity contribution in [1.29, 1.82) is 0 Å². The van der Waals surface area contributed by atoms with Crippen LogP contribution in [0.3, 0.4) is 0 Å². The summed E-state index contributed by atoms with van der Waals surface area (Å²) in [7, 11) is 2.02. The second-order valence-corrected chi connectivity index (χ2v) is 17.3. The van der Waals surface area contributed by atoms with E-state index in [0.29, 0.717) is 64.6 Å². The Kier molecular flexibility index (Phi) is 11.5. The van der Waals surface area contributed by atoms with Gasteiger partial charge in [-0.1, -0.05) is 36.4 Å². The van der Waals surface area contributed by atoms with Crippen LogP contribution in [0.2, 0.25) is 0 Å². The maximum atomic E-state index is 14.5. The summed E-state index contributed by atoms with van der Waals surface area (Å²) in [4.78, 5) is 100. The molecule has 66 heavy (non-hydrogen) atoms. The maximum absolute atomic E-state index is 14.5. The number of benzene rings is 4. The highest BCUT2D eigenvalue weighted by atomic mass is 16.6. The lowest BCUT2D eigenvalue weighted by molar-refractivity contribution is -0.137. The van der Waals surface area contributed by atoms with Gasteiger partial charge in [0.05, 0.1) is 11.8 Å². The van der Waals surface area contributed by atoms with Crippen LogP contribution in [0.5, 0.6) is 5.75 Å². The molecule has 2 unspecified atom stereocenters. The number of imide groups is 1. The Morgan fingerprint density at radius 2 is 1.56 bits per heavy atom. The number of aliphatic hydroxyl groups is 1. The van der Waals surface area contributed by atoms with E-state index < -0.39 is 47.3 Å². The van der Waals surface area contributed by atoms with E-state index in [1.165, 1.54) is 24.3 Å². The third kappa shape index (κ3) is 8.41. The third-order valence-corrected chi connectivity index (χ3v) is 12.7. The number of piperazine rings is 1. The van der Waals surface area contributed by atoms with Gasteiger partial charge in [0.15, 0.2) is 0 Å². The maximum Gasteiger partial charge on any atom is 0.415 e. The van der Waals surface area contributed by atoms with Gasteiger partial charge < -0.3 is 45.5 Å². The Labute approximate surface area is 379 Å². The average molecular weight is 893 g/mol. The van der Waals surface area contributed by atoms with Crippen molar-refractivity contribution in [3.63, 3.8) is 0 Å². The van der Waals surface area contributed by atoms with Gasteiger partial charge >= 0.3 is 6.09 Å². The molecule has 338 valence electrons. The van der Waals surface area contributed by atoms with Crippen LogP contribution in [0.15, 0.2) is 103 Å². The van der Waals surface area contributed by atoms with Gasteiger partial charge in [0.1, 0.15) is 17.0 Å². The lowest BCUT2D eigenvalue weighted by Crippen LogP contribution is -2.49. The molecule has 0 spiro atoms. The number of hydrogen-bond donors (Lipinski definition) is 5. The Morgan fingerprint density at radius 3 is 2.24 bits per heavy atom. The molecule has 7 amide bonds. The van der Waals surface area contributed by atoms with E-state index in [1.54, 1.807) is 40.1 Å². The number of ether oxygens (including phenoxy) is 1. The number of carbonyl (C=O) groups is 7. The van der Waals surface area contributed by atoms with E-state index >= 15 is 0 Å². The summed E-state index contributed by atoms with van der Waals surface area (Å²) in [5, 5.41) is 20.8. The molecule has 1 aromatic heterocycles. The molecule has 17 nitrogen and oxygen atoms in total. The molecule has 0 radical (unpaired) electrons. The lowest BCUT2D eigenvalue weighted by Gasteiger charge is -2.31. The Hall–Kier alpha value is -7.63. The molecule has 0 bridgehead atoms. The number of nitrogens with one attached hydrogen (secondary N) is 4. The fraction of sp³-hybridized carbons (Fsp3) is 0.286. The van der Waals surface area contributed by atoms with E-state index in [9.17, 15) is 38.7 Å². The average Bonchev–Trinajstić information content (AvgIpc) is 3.59. The number of nitrogens with zero attached hydrogens (tertiary/aromatic N) is 4. The molecule has 5 aromatic rings. The number of carbonyl (C=O) groups excluding carboxylic acids is 7. The fourth-order valence-corrected chi connectivity index (χ4v) is 8.80. The lowest BCUT2D eigenvalue weighted by atomic mass is 9.90. The van der Waals surface area contributed by atoms with Gasteiger partial charge in [-0.05, 0) is 79.9 Å². The topological polar surface area (TPSA) is 214 Å². The van der Waals surface area contributed by atoms with Crippen molar-refractivity contribution >= 4 is 80.3 Å². The zero-order chi connectivity index (χ0) is 46.4. The van der Waals surface area contributed by atoms with E-state index in [1.807, 2.05) is 38.2 Å². The van der Waals surface area contributed by atoms with Gasteiger partial charge in [-0.2, -0.15) is 0 Å². The summed E-state index contributed by atoms with van der Waals surface area (Å²) >= 11 is 0. The number of rotatable bonds is 12. The number of aromatic nitrogens is 1. The first-order valence-electron chi connectivity index (χ1n) is 21.8. The summed E-state index contributed by atoms with van der Waals surface area (Å²) in [5.41, 5.74) is 3.05. The van der Waals surface area contributed by atoms with Gasteiger partial charge in [-0.15, -0.1) is 0 Å². The molecular weight excluding hydrogens is 845 g/mol. The van der Waals surface area contributed by atoms with Gasteiger partial charge in [0.25, 0.3) is 29.5 Å². The molecule has 4 aromatic carbocycles. The number of aliphatic hydroxyl groups excluding tert-OH is 1. The molecule has 1 aliphatic carbocycles. The highest BCUT2D eigenvalue weighted by Gasteiger charge is 2.61. The van der Waals surface area contributed by atoms with Crippen LogP contribution in [0.1, 0.15) is 58.5 Å². The number of hydrogen-bond acceptors (Lipinski definition) is 10. The highest BCUT2D eigenvalue weighted by Crippen LogP contribution is 2.48.